The molecule has 0 saturated carbocycles. The third-order valence-corrected chi connectivity index (χ3v) is 6.58. The van der Waals surface area contributed by atoms with E-state index in [-0.39, 0.29) is 24.2 Å². The van der Waals surface area contributed by atoms with Gasteiger partial charge in [0.1, 0.15) is 6.54 Å². The topological polar surface area (TPSA) is 148 Å². The quantitative estimate of drug-likeness (QED) is 0.341. The molecule has 206 valence electrons. The first-order valence-corrected chi connectivity index (χ1v) is 12.5. The minimum Gasteiger partial charge on any atom is -0.465 e. The number of hydrogen-bond donors (Lipinski definition) is 2. The Morgan fingerprint density at radius 1 is 0.950 bits per heavy atom. The molecule has 3 aromatic carbocycles. The fourth-order valence-corrected chi connectivity index (χ4v) is 4.71. The van der Waals surface area contributed by atoms with Crippen LogP contribution in [-0.4, -0.2) is 55.1 Å². The molecular formula is C29H28N4O7. The number of amides is 4. The van der Waals surface area contributed by atoms with Crippen LogP contribution in [0.4, 0.5) is 21.0 Å². The smallest absolute Gasteiger partial charge is 0.344 e. The highest BCUT2D eigenvalue weighted by atomic mass is 16.6. The fourth-order valence-electron chi connectivity index (χ4n) is 4.71. The number of nitrogens with one attached hydrogen (secondary N) is 1. The number of carbonyl (C=O) groups is 5. The number of anilines is 2. The van der Waals surface area contributed by atoms with Gasteiger partial charge in [-0.25, -0.2) is 24.0 Å². The van der Waals surface area contributed by atoms with E-state index in [9.17, 15) is 24.0 Å². The van der Waals surface area contributed by atoms with Crippen LogP contribution in [0.25, 0.3) is 0 Å². The monoisotopic (exact) mass is 544 g/mol. The van der Waals surface area contributed by atoms with Crippen LogP contribution in [-0.2, 0) is 24.6 Å². The van der Waals surface area contributed by atoms with Gasteiger partial charge in [-0.15, -0.1) is 0 Å². The molecule has 0 radical (unpaired) electrons. The molecule has 0 spiro atoms. The maximum atomic E-state index is 13.8. The number of hydrogen-bond acceptors (Lipinski definition) is 7. The van der Waals surface area contributed by atoms with E-state index in [0.717, 1.165) is 4.90 Å². The largest absolute Gasteiger partial charge is 0.465 e. The standard InChI is InChI=1S/C29H28N4O7/c1-39-25(35)20-10-8-15-23(18-20)32(27(30)37)19-24(34)40-26(36)29(21-11-4-2-5-12-21)16-9-17-33(29)28(38)31-22-13-6-3-7-14-22/h2-8,10-15,18H,9,16-17,19H2,1H3,(H2,30,37)(H,31,38). The number of nitrogens with two attached hydrogens (primary N) is 1. The molecule has 0 aromatic heterocycles. The Balaban J connectivity index is 1.59. The highest BCUT2D eigenvalue weighted by Crippen LogP contribution is 2.40. The zero-order chi connectivity index (χ0) is 28.7. The number of urea groups is 2. The van der Waals surface area contributed by atoms with Crippen LogP contribution < -0.4 is 16.0 Å². The molecule has 4 rings (SSSR count). The summed E-state index contributed by atoms with van der Waals surface area (Å²) in [6.45, 7) is -0.475. The number of esters is 3. The van der Waals surface area contributed by atoms with Crippen molar-refractivity contribution < 1.29 is 33.4 Å². The van der Waals surface area contributed by atoms with Gasteiger partial charge in [-0.05, 0) is 48.7 Å². The third-order valence-electron chi connectivity index (χ3n) is 6.58. The van der Waals surface area contributed by atoms with E-state index in [1.165, 1.54) is 36.3 Å². The van der Waals surface area contributed by atoms with Crippen LogP contribution in [0.15, 0.2) is 84.9 Å². The molecule has 0 aliphatic carbocycles. The molecule has 1 saturated heterocycles. The minimum atomic E-state index is -1.59. The van der Waals surface area contributed by atoms with Gasteiger partial charge in [0.2, 0.25) is 0 Å². The number of rotatable bonds is 7. The van der Waals surface area contributed by atoms with E-state index < -0.39 is 42.1 Å². The second-order valence-electron chi connectivity index (χ2n) is 9.01. The summed E-state index contributed by atoms with van der Waals surface area (Å²) in [4.78, 5) is 66.5. The van der Waals surface area contributed by atoms with E-state index in [4.69, 9.17) is 15.2 Å². The van der Waals surface area contributed by atoms with Crippen LogP contribution in [0.1, 0.15) is 28.8 Å². The SMILES string of the molecule is COC(=O)c1cccc(N(CC(=O)OC(=O)C2(c3ccccc3)CCCN2C(=O)Nc2ccccc2)C(N)=O)c1. The first-order chi connectivity index (χ1) is 19.3. The first kappa shape index (κ1) is 27.8. The summed E-state index contributed by atoms with van der Waals surface area (Å²) in [5, 5.41) is 2.79. The molecule has 1 atom stereocenters. The predicted molar refractivity (Wildman–Crippen MR) is 145 cm³/mol. The number of nitrogens with zero attached hydrogens (tertiary/aromatic N) is 2. The summed E-state index contributed by atoms with van der Waals surface area (Å²) in [7, 11) is 1.21. The van der Waals surface area contributed by atoms with Crippen molar-refractivity contribution in [3.8, 4) is 0 Å². The van der Waals surface area contributed by atoms with Crippen molar-refractivity contribution in [3.05, 3.63) is 96.1 Å². The number of primary amides is 1. The molecule has 0 bridgehead atoms. The summed E-state index contributed by atoms with van der Waals surface area (Å²) in [6.07, 6.45) is 0.695. The Morgan fingerprint density at radius 2 is 1.62 bits per heavy atom. The second-order valence-corrected chi connectivity index (χ2v) is 9.01. The zero-order valence-electron chi connectivity index (χ0n) is 21.7. The van der Waals surface area contributed by atoms with Crippen LogP contribution in [0.5, 0.6) is 0 Å². The summed E-state index contributed by atoms with van der Waals surface area (Å²) < 4.78 is 9.98. The van der Waals surface area contributed by atoms with Crippen molar-refractivity contribution in [2.24, 2.45) is 5.73 Å². The molecule has 11 heteroatoms. The third kappa shape index (κ3) is 5.78. The van der Waals surface area contributed by atoms with Crippen molar-refractivity contribution in [3.63, 3.8) is 0 Å². The molecule has 4 amide bonds. The summed E-state index contributed by atoms with van der Waals surface area (Å²) in [6, 6.07) is 21.6. The second kappa shape index (κ2) is 12.1. The predicted octanol–water partition coefficient (Wildman–Crippen LogP) is 3.65. The highest BCUT2D eigenvalue weighted by Gasteiger charge is 2.53. The van der Waals surface area contributed by atoms with Crippen LogP contribution in [0.3, 0.4) is 0 Å². The number of likely N-dealkylation sites (tertiary alicyclic amines) is 1. The van der Waals surface area contributed by atoms with E-state index >= 15 is 0 Å². The molecule has 1 aliphatic rings. The van der Waals surface area contributed by atoms with E-state index in [0.29, 0.717) is 17.7 Å². The maximum absolute atomic E-state index is 13.8. The van der Waals surface area contributed by atoms with Crippen LogP contribution >= 0.6 is 0 Å². The molecule has 1 heterocycles. The Kier molecular flexibility index (Phi) is 8.43. The van der Waals surface area contributed by atoms with Crippen LogP contribution in [0.2, 0.25) is 0 Å². The molecule has 3 aromatic rings. The van der Waals surface area contributed by atoms with Gasteiger partial charge >= 0.3 is 30.0 Å². The van der Waals surface area contributed by atoms with Gasteiger partial charge in [0.05, 0.1) is 12.7 Å². The van der Waals surface area contributed by atoms with Gasteiger partial charge in [-0.3, -0.25) is 4.90 Å². The van der Waals surface area contributed by atoms with E-state index in [1.54, 1.807) is 54.6 Å². The summed E-state index contributed by atoms with van der Waals surface area (Å²) in [5.74, 6) is -2.68. The van der Waals surface area contributed by atoms with E-state index in [1.807, 2.05) is 6.07 Å². The van der Waals surface area contributed by atoms with Crippen LogP contribution in [0, 0.1) is 0 Å². The molecule has 11 nitrogen and oxygen atoms in total. The lowest BCUT2D eigenvalue weighted by atomic mass is 9.87. The van der Waals surface area contributed by atoms with Crippen molar-refractivity contribution in [2.45, 2.75) is 18.4 Å². The molecule has 40 heavy (non-hydrogen) atoms. The number of ether oxygens (including phenoxy) is 2. The zero-order valence-corrected chi connectivity index (χ0v) is 21.7. The van der Waals surface area contributed by atoms with E-state index in [2.05, 4.69) is 5.32 Å². The number of para-hydroxylation sites is 1. The minimum absolute atomic E-state index is 0.127. The summed E-state index contributed by atoms with van der Waals surface area (Å²) >= 11 is 0. The fraction of sp³-hybridized carbons (Fsp3) is 0.207. The lowest BCUT2D eigenvalue weighted by Crippen LogP contribution is -2.53. The molecule has 1 fully saturated rings. The lowest BCUT2D eigenvalue weighted by Gasteiger charge is -2.36. The normalized spacial score (nSPS) is 16.1. The number of benzene rings is 3. The average Bonchev–Trinajstić information content (AvgIpc) is 3.43. The van der Waals surface area contributed by atoms with Crippen molar-refractivity contribution in [1.29, 1.82) is 0 Å². The van der Waals surface area contributed by atoms with Gasteiger partial charge < -0.3 is 25.4 Å². The molecule has 1 aliphatic heterocycles. The molecule has 1 unspecified atom stereocenters. The molecular weight excluding hydrogens is 516 g/mol. The first-order valence-electron chi connectivity index (χ1n) is 12.5. The maximum Gasteiger partial charge on any atom is 0.344 e. The van der Waals surface area contributed by atoms with Crippen molar-refractivity contribution >= 4 is 41.3 Å². The number of carbonyl (C=O) groups excluding carboxylic acids is 5. The Bertz CT molecular complexity index is 1410. The average molecular weight is 545 g/mol. The van der Waals surface area contributed by atoms with Crippen molar-refractivity contribution in [2.75, 3.05) is 30.4 Å². The molecule has 3 N–H and O–H groups in total. The Hall–Kier alpha value is -5.19. The Labute approximate surface area is 230 Å². The highest BCUT2D eigenvalue weighted by molar-refractivity contribution is 6.02. The Morgan fingerprint density at radius 3 is 2.27 bits per heavy atom. The van der Waals surface area contributed by atoms with Gasteiger partial charge in [-0.1, -0.05) is 54.6 Å². The van der Waals surface area contributed by atoms with Crippen molar-refractivity contribution in [1.82, 2.24) is 4.90 Å². The van der Waals surface area contributed by atoms with Gasteiger partial charge in [0.25, 0.3) is 0 Å². The summed E-state index contributed by atoms with van der Waals surface area (Å²) in [5.41, 5.74) is 5.19. The van der Waals surface area contributed by atoms with Gasteiger partial charge in [-0.2, -0.15) is 0 Å². The number of methoxy groups -OCH3 is 1. The van der Waals surface area contributed by atoms with Gasteiger partial charge in [0, 0.05) is 17.9 Å². The van der Waals surface area contributed by atoms with Gasteiger partial charge in [0.15, 0.2) is 5.54 Å². The lowest BCUT2D eigenvalue weighted by molar-refractivity contribution is -0.166.